The van der Waals surface area contributed by atoms with Gasteiger partial charge in [-0.1, -0.05) is 23.4 Å². The average Bonchev–Trinajstić information content (AvgIpc) is 3.48. The highest BCUT2D eigenvalue weighted by Gasteiger charge is 2.40. The summed E-state index contributed by atoms with van der Waals surface area (Å²) in [4.78, 5) is 12.2. The molecule has 10 heteroatoms. The summed E-state index contributed by atoms with van der Waals surface area (Å²) in [6, 6.07) is 18.1. The van der Waals surface area contributed by atoms with Gasteiger partial charge in [-0.25, -0.2) is 18.4 Å². The first kappa shape index (κ1) is 27.1. The molecule has 0 bridgehead atoms. The highest BCUT2D eigenvalue weighted by molar-refractivity contribution is 6.05. The van der Waals surface area contributed by atoms with Crippen molar-refractivity contribution in [2.75, 3.05) is 32.1 Å². The molecule has 6 rings (SSSR count). The molecule has 41 heavy (non-hydrogen) atoms. The van der Waals surface area contributed by atoms with Gasteiger partial charge in [0.05, 0.1) is 28.5 Å². The van der Waals surface area contributed by atoms with Crippen LogP contribution in [0.5, 0.6) is 0 Å². The monoisotopic (exact) mass is 556 g/mol. The number of alkyl halides is 2. The van der Waals surface area contributed by atoms with Crippen LogP contribution in [0.1, 0.15) is 43.0 Å². The summed E-state index contributed by atoms with van der Waals surface area (Å²) < 4.78 is 32.7. The van der Waals surface area contributed by atoms with Crippen LogP contribution in [0, 0.1) is 25.0 Å². The van der Waals surface area contributed by atoms with Gasteiger partial charge in [-0.15, -0.1) is 5.10 Å². The van der Waals surface area contributed by atoms with Crippen LogP contribution in [-0.4, -0.2) is 62.6 Å². The first-order valence-corrected chi connectivity index (χ1v) is 14.1. The molecule has 5 aromatic rings. The summed E-state index contributed by atoms with van der Waals surface area (Å²) in [6.45, 7) is 3.53. The molecule has 1 fully saturated rings. The minimum atomic E-state index is -2.63. The fourth-order valence-corrected chi connectivity index (χ4v) is 6.16. The number of pyridine rings is 2. The topological polar surface area (TPSA) is 76.7 Å². The zero-order chi connectivity index (χ0) is 28.7. The Balaban J connectivity index is 1.62. The summed E-state index contributed by atoms with van der Waals surface area (Å²) >= 11 is 0. The second-order valence-corrected chi connectivity index (χ2v) is 11.1. The number of likely N-dealkylation sites (N-methyl/N-ethyl adjacent to an activating group) is 2. The molecule has 1 aromatic carbocycles. The van der Waals surface area contributed by atoms with Gasteiger partial charge in [0, 0.05) is 62.7 Å². The number of aryl methyl sites for hydroxylation is 2. The van der Waals surface area contributed by atoms with E-state index in [-0.39, 0.29) is 24.8 Å². The summed E-state index contributed by atoms with van der Waals surface area (Å²) in [5.74, 6) is -1.83. The molecule has 0 aliphatic heterocycles. The maximum absolute atomic E-state index is 14.4. The molecule has 1 N–H and O–H groups in total. The van der Waals surface area contributed by atoms with E-state index in [1.165, 1.54) is 0 Å². The van der Waals surface area contributed by atoms with Gasteiger partial charge in [0.15, 0.2) is 0 Å². The zero-order valence-corrected chi connectivity index (χ0v) is 23.8. The molecule has 8 nitrogen and oxygen atoms in total. The smallest absolute Gasteiger partial charge is 0.248 e. The summed E-state index contributed by atoms with van der Waals surface area (Å²) in [6.07, 6.45) is 2.40. The number of nitrogens with one attached hydrogen (secondary N) is 1. The fraction of sp³-hybridized carbons (Fsp3) is 0.419. The van der Waals surface area contributed by atoms with Crippen molar-refractivity contribution in [3.63, 3.8) is 0 Å². The van der Waals surface area contributed by atoms with Gasteiger partial charge in [0.2, 0.25) is 5.92 Å². The van der Waals surface area contributed by atoms with Crippen molar-refractivity contribution in [3.05, 3.63) is 66.0 Å². The first-order valence-electron chi connectivity index (χ1n) is 14.1. The van der Waals surface area contributed by atoms with Gasteiger partial charge >= 0.3 is 0 Å². The Morgan fingerprint density at radius 2 is 2.02 bits per heavy atom. The Bertz CT molecular complexity index is 1650. The first-order chi connectivity index (χ1) is 19.8. The SMILES string of the molecule is CNCCN(C)c1ccc2c3ncc(-c4c(C)nnn4C)cc3n(C(c3c#cccc3)C3CCC(F)(F)CC3)c2n1. The third-order valence-corrected chi connectivity index (χ3v) is 8.30. The van der Waals surface area contributed by atoms with Gasteiger partial charge in [-0.05, 0) is 63.1 Å². The standard InChI is InChI=1S/C31H34F2N8/c1-20-28(40(4)38-37-20)23-18-25-27(35-19-23)24-10-11-26(39(3)17-16-34-2)36-30(24)41(25)29(21-8-6-5-7-9-21)22-12-14-31(32,33)15-13-22/h5-6,8,10-11,18-19,22,29,34H,12-17H2,1-4H3. The number of hydrogen-bond donors (Lipinski definition) is 1. The fourth-order valence-electron chi connectivity index (χ4n) is 6.16. The predicted octanol–water partition coefficient (Wildman–Crippen LogP) is 5.36. The van der Waals surface area contributed by atoms with Gasteiger partial charge in [0.1, 0.15) is 11.5 Å². The van der Waals surface area contributed by atoms with E-state index >= 15 is 0 Å². The Morgan fingerprint density at radius 3 is 2.71 bits per heavy atom. The molecule has 0 amide bonds. The summed E-state index contributed by atoms with van der Waals surface area (Å²) in [5, 5.41) is 12.5. The molecule has 4 aromatic heterocycles. The van der Waals surface area contributed by atoms with Crippen molar-refractivity contribution in [1.29, 1.82) is 0 Å². The molecule has 1 unspecified atom stereocenters. The number of fused-ring (bicyclic) bond motifs is 3. The minimum Gasteiger partial charge on any atom is -0.358 e. The van der Waals surface area contributed by atoms with Crippen molar-refractivity contribution in [3.8, 4) is 11.3 Å². The third kappa shape index (κ3) is 4.99. The van der Waals surface area contributed by atoms with Crippen LogP contribution in [0.25, 0.3) is 33.3 Å². The van der Waals surface area contributed by atoms with E-state index < -0.39 is 5.92 Å². The quantitative estimate of drug-likeness (QED) is 0.277. The van der Waals surface area contributed by atoms with E-state index in [0.29, 0.717) is 12.8 Å². The second-order valence-electron chi connectivity index (χ2n) is 11.1. The molecular weight excluding hydrogens is 522 g/mol. The molecule has 0 spiro atoms. The van der Waals surface area contributed by atoms with E-state index in [0.717, 1.165) is 63.5 Å². The van der Waals surface area contributed by atoms with Crippen LogP contribution in [0.15, 0.2) is 42.6 Å². The van der Waals surface area contributed by atoms with Crippen LogP contribution < -0.4 is 10.2 Å². The van der Waals surface area contributed by atoms with Crippen molar-refractivity contribution in [1.82, 2.24) is 34.8 Å². The number of aromatic nitrogens is 6. The Kier molecular flexibility index (Phi) is 7.08. The van der Waals surface area contributed by atoms with Crippen LogP contribution in [0.2, 0.25) is 0 Å². The molecule has 1 atom stereocenters. The lowest BCUT2D eigenvalue weighted by molar-refractivity contribution is -0.0493. The zero-order valence-electron chi connectivity index (χ0n) is 23.8. The largest absolute Gasteiger partial charge is 0.358 e. The van der Waals surface area contributed by atoms with E-state index in [4.69, 9.17) is 9.97 Å². The lowest BCUT2D eigenvalue weighted by atomic mass is 9.79. The van der Waals surface area contributed by atoms with E-state index in [1.54, 1.807) is 4.68 Å². The van der Waals surface area contributed by atoms with Crippen molar-refractivity contribution in [2.45, 2.75) is 44.6 Å². The van der Waals surface area contributed by atoms with Gasteiger partial charge in [-0.3, -0.25) is 4.98 Å². The van der Waals surface area contributed by atoms with Crippen molar-refractivity contribution < 1.29 is 8.78 Å². The normalized spacial score (nSPS) is 16.2. The third-order valence-electron chi connectivity index (χ3n) is 8.30. The maximum atomic E-state index is 14.4. The molecular formula is C31H34F2N8. The number of anilines is 1. The van der Waals surface area contributed by atoms with Crippen LogP contribution in [-0.2, 0) is 7.05 Å². The van der Waals surface area contributed by atoms with Crippen molar-refractivity contribution >= 4 is 27.9 Å². The molecule has 212 valence electrons. The summed E-state index contributed by atoms with van der Waals surface area (Å²) in [5.41, 5.74) is 5.96. The predicted molar refractivity (Wildman–Crippen MR) is 156 cm³/mol. The lowest BCUT2D eigenvalue weighted by Crippen LogP contribution is -2.30. The highest BCUT2D eigenvalue weighted by Crippen LogP contribution is 2.45. The Hall–Kier alpha value is -4.10. The van der Waals surface area contributed by atoms with E-state index in [1.807, 2.05) is 58.5 Å². The summed E-state index contributed by atoms with van der Waals surface area (Å²) in [7, 11) is 5.81. The molecule has 0 saturated heterocycles. The number of hydrogen-bond acceptors (Lipinski definition) is 6. The number of halogens is 2. The van der Waals surface area contributed by atoms with Gasteiger partial charge in [-0.2, -0.15) is 0 Å². The Morgan fingerprint density at radius 1 is 1.22 bits per heavy atom. The maximum Gasteiger partial charge on any atom is 0.248 e. The van der Waals surface area contributed by atoms with Gasteiger partial charge < -0.3 is 14.8 Å². The average molecular weight is 557 g/mol. The van der Waals surface area contributed by atoms with Crippen LogP contribution >= 0.6 is 0 Å². The van der Waals surface area contributed by atoms with Gasteiger partial charge in [0.25, 0.3) is 0 Å². The van der Waals surface area contributed by atoms with Crippen LogP contribution in [0.4, 0.5) is 14.6 Å². The molecule has 4 heterocycles. The number of rotatable bonds is 8. The molecule has 1 aliphatic rings. The molecule has 0 radical (unpaired) electrons. The van der Waals surface area contributed by atoms with E-state index in [2.05, 4.69) is 49.4 Å². The minimum absolute atomic E-state index is 0.0308. The Labute approximate surface area is 238 Å². The highest BCUT2D eigenvalue weighted by atomic mass is 19.3. The number of nitrogens with zero attached hydrogens (tertiary/aromatic N) is 7. The van der Waals surface area contributed by atoms with E-state index in [9.17, 15) is 8.78 Å². The molecule has 1 saturated carbocycles. The van der Waals surface area contributed by atoms with Crippen LogP contribution in [0.3, 0.4) is 0 Å². The molecule has 1 aliphatic carbocycles. The van der Waals surface area contributed by atoms with Crippen molar-refractivity contribution in [2.24, 2.45) is 13.0 Å². The second kappa shape index (κ2) is 10.7. The lowest BCUT2D eigenvalue weighted by Gasteiger charge is -2.35.